The lowest BCUT2D eigenvalue weighted by Gasteiger charge is -2.20. The van der Waals surface area contributed by atoms with Crippen molar-refractivity contribution in [1.29, 1.82) is 0 Å². The number of nitrogens with two attached hydrogens (primary N) is 1. The molecule has 0 saturated carbocycles. The minimum absolute atomic E-state index is 0.140. The molecule has 0 saturated heterocycles. The molecule has 0 unspecified atom stereocenters. The average Bonchev–Trinajstić information content (AvgIpc) is 2.69. The SMILES string of the molecule is CCOCCN(CC)S(=O)(=O)c1c(C)oc(C)c1CN. The molecule has 116 valence electrons. The zero-order valence-electron chi connectivity index (χ0n) is 12.6. The number of nitrogens with zero attached hydrogens (tertiary/aromatic N) is 1. The summed E-state index contributed by atoms with van der Waals surface area (Å²) in [5.74, 6) is 0.947. The van der Waals surface area contributed by atoms with E-state index in [-0.39, 0.29) is 11.4 Å². The molecule has 0 aliphatic heterocycles. The number of rotatable bonds is 8. The fraction of sp³-hybridized carbons (Fsp3) is 0.692. The average molecular weight is 304 g/mol. The molecule has 0 aliphatic carbocycles. The van der Waals surface area contributed by atoms with Crippen LogP contribution in [0.2, 0.25) is 0 Å². The predicted octanol–water partition coefficient (Wildman–Crippen LogP) is 1.40. The van der Waals surface area contributed by atoms with Crippen LogP contribution in [0.3, 0.4) is 0 Å². The van der Waals surface area contributed by atoms with Crippen LogP contribution in [0.25, 0.3) is 0 Å². The Kier molecular flexibility index (Phi) is 6.19. The Morgan fingerprint density at radius 1 is 1.25 bits per heavy atom. The van der Waals surface area contributed by atoms with E-state index in [1.54, 1.807) is 20.8 Å². The smallest absolute Gasteiger partial charge is 0.246 e. The zero-order chi connectivity index (χ0) is 15.3. The maximum Gasteiger partial charge on any atom is 0.246 e. The van der Waals surface area contributed by atoms with E-state index in [4.69, 9.17) is 14.9 Å². The molecule has 0 aliphatic rings. The molecule has 0 radical (unpaired) electrons. The third kappa shape index (κ3) is 3.41. The molecule has 0 spiro atoms. The normalized spacial score (nSPS) is 12.3. The van der Waals surface area contributed by atoms with Crippen LogP contribution in [0.15, 0.2) is 9.31 Å². The van der Waals surface area contributed by atoms with Crippen molar-refractivity contribution >= 4 is 10.0 Å². The summed E-state index contributed by atoms with van der Waals surface area (Å²) in [6.07, 6.45) is 0. The molecule has 0 aromatic carbocycles. The number of hydrogen-bond acceptors (Lipinski definition) is 5. The summed E-state index contributed by atoms with van der Waals surface area (Å²) in [7, 11) is -3.60. The summed E-state index contributed by atoms with van der Waals surface area (Å²) in [4.78, 5) is 0.204. The highest BCUT2D eigenvalue weighted by atomic mass is 32.2. The van der Waals surface area contributed by atoms with Crippen molar-refractivity contribution in [2.45, 2.75) is 39.1 Å². The number of hydrogen-bond donors (Lipinski definition) is 1. The van der Waals surface area contributed by atoms with Gasteiger partial charge >= 0.3 is 0 Å². The molecule has 0 amide bonds. The second kappa shape index (κ2) is 7.21. The third-order valence-corrected chi connectivity index (χ3v) is 5.34. The van der Waals surface area contributed by atoms with Crippen LogP contribution >= 0.6 is 0 Å². The lowest BCUT2D eigenvalue weighted by molar-refractivity contribution is 0.135. The lowest BCUT2D eigenvalue weighted by atomic mass is 10.2. The summed E-state index contributed by atoms with van der Waals surface area (Å²) in [6.45, 7) is 8.83. The van der Waals surface area contributed by atoms with Crippen LogP contribution in [0, 0.1) is 13.8 Å². The van der Waals surface area contributed by atoms with E-state index >= 15 is 0 Å². The minimum Gasteiger partial charge on any atom is -0.465 e. The molecule has 6 nitrogen and oxygen atoms in total. The summed E-state index contributed by atoms with van der Waals surface area (Å²) < 4.78 is 37.5. The highest BCUT2D eigenvalue weighted by molar-refractivity contribution is 7.89. The fourth-order valence-corrected chi connectivity index (χ4v) is 4.03. The molecule has 1 heterocycles. The molecule has 1 rings (SSSR count). The Bertz CT molecular complexity index is 537. The molecular weight excluding hydrogens is 280 g/mol. The molecule has 1 aromatic heterocycles. The van der Waals surface area contributed by atoms with Gasteiger partial charge in [0.25, 0.3) is 0 Å². The Balaban J connectivity index is 3.14. The van der Waals surface area contributed by atoms with E-state index in [9.17, 15) is 8.42 Å². The lowest BCUT2D eigenvalue weighted by Crippen LogP contribution is -2.34. The van der Waals surface area contributed by atoms with Gasteiger partial charge in [0, 0.05) is 31.8 Å². The summed E-state index contributed by atoms with van der Waals surface area (Å²) in [6, 6.07) is 0. The molecular formula is C13H24N2O4S. The van der Waals surface area contributed by atoms with Crippen molar-refractivity contribution in [3.8, 4) is 0 Å². The van der Waals surface area contributed by atoms with E-state index in [0.29, 0.717) is 43.4 Å². The first-order valence-corrected chi connectivity index (χ1v) is 8.20. The molecule has 0 bridgehead atoms. The van der Waals surface area contributed by atoms with Gasteiger partial charge in [0.05, 0.1) is 6.61 Å². The van der Waals surface area contributed by atoms with Gasteiger partial charge in [-0.3, -0.25) is 0 Å². The molecule has 0 atom stereocenters. The number of aryl methyl sites for hydroxylation is 2. The van der Waals surface area contributed by atoms with Crippen LogP contribution < -0.4 is 5.73 Å². The predicted molar refractivity (Wildman–Crippen MR) is 77.0 cm³/mol. The Labute approximate surface area is 120 Å². The van der Waals surface area contributed by atoms with Crippen LogP contribution in [-0.4, -0.2) is 39.0 Å². The van der Waals surface area contributed by atoms with Crippen molar-refractivity contribution in [2.24, 2.45) is 5.73 Å². The van der Waals surface area contributed by atoms with Gasteiger partial charge in [-0.25, -0.2) is 8.42 Å². The van der Waals surface area contributed by atoms with Crippen molar-refractivity contribution in [1.82, 2.24) is 4.31 Å². The summed E-state index contributed by atoms with van der Waals surface area (Å²) >= 11 is 0. The zero-order valence-corrected chi connectivity index (χ0v) is 13.4. The molecule has 0 fully saturated rings. The van der Waals surface area contributed by atoms with Crippen molar-refractivity contribution in [3.63, 3.8) is 0 Å². The standard InChI is InChI=1S/C13H24N2O4S/c1-5-15(7-8-18-6-2)20(16,17)13-11(4)19-10(3)12(13)9-14/h5-9,14H2,1-4H3. The first-order chi connectivity index (χ1) is 9.39. The minimum atomic E-state index is -3.60. The Morgan fingerprint density at radius 3 is 2.40 bits per heavy atom. The van der Waals surface area contributed by atoms with Crippen molar-refractivity contribution in [2.75, 3.05) is 26.3 Å². The maximum absolute atomic E-state index is 12.7. The van der Waals surface area contributed by atoms with Crippen LogP contribution in [-0.2, 0) is 21.3 Å². The van der Waals surface area contributed by atoms with E-state index in [1.807, 2.05) is 6.92 Å². The van der Waals surface area contributed by atoms with Gasteiger partial charge < -0.3 is 14.9 Å². The van der Waals surface area contributed by atoms with Crippen LogP contribution in [0.5, 0.6) is 0 Å². The summed E-state index contributed by atoms with van der Waals surface area (Å²) in [5, 5.41) is 0. The molecule has 20 heavy (non-hydrogen) atoms. The molecule has 1 aromatic rings. The maximum atomic E-state index is 12.7. The number of ether oxygens (including phenoxy) is 1. The topological polar surface area (TPSA) is 85.8 Å². The van der Waals surface area contributed by atoms with Crippen LogP contribution in [0.4, 0.5) is 0 Å². The molecule has 7 heteroatoms. The monoisotopic (exact) mass is 304 g/mol. The second-order valence-corrected chi connectivity index (χ2v) is 6.29. The largest absolute Gasteiger partial charge is 0.465 e. The van der Waals surface area contributed by atoms with Gasteiger partial charge in [0.15, 0.2) is 0 Å². The number of sulfonamides is 1. The van der Waals surface area contributed by atoms with Crippen molar-refractivity contribution in [3.05, 3.63) is 17.1 Å². The Morgan fingerprint density at radius 2 is 1.90 bits per heavy atom. The summed E-state index contributed by atoms with van der Waals surface area (Å²) in [5.41, 5.74) is 6.21. The van der Waals surface area contributed by atoms with Crippen molar-refractivity contribution < 1.29 is 17.6 Å². The van der Waals surface area contributed by atoms with Gasteiger partial charge in [-0.1, -0.05) is 6.92 Å². The molecule has 2 N–H and O–H groups in total. The van der Waals surface area contributed by atoms with E-state index in [1.165, 1.54) is 4.31 Å². The van der Waals surface area contributed by atoms with Gasteiger partial charge in [-0.05, 0) is 20.8 Å². The highest BCUT2D eigenvalue weighted by Gasteiger charge is 2.30. The fourth-order valence-electron chi connectivity index (χ4n) is 2.17. The number of likely N-dealkylation sites (N-methyl/N-ethyl adjacent to an activating group) is 1. The van der Waals surface area contributed by atoms with E-state index in [2.05, 4.69) is 0 Å². The van der Waals surface area contributed by atoms with Gasteiger partial charge in [-0.2, -0.15) is 4.31 Å². The third-order valence-electron chi connectivity index (χ3n) is 3.17. The van der Waals surface area contributed by atoms with Gasteiger partial charge in [0.1, 0.15) is 16.4 Å². The second-order valence-electron chi connectivity index (χ2n) is 4.42. The highest BCUT2D eigenvalue weighted by Crippen LogP contribution is 2.28. The van der Waals surface area contributed by atoms with Gasteiger partial charge in [0.2, 0.25) is 10.0 Å². The van der Waals surface area contributed by atoms with Crippen LogP contribution in [0.1, 0.15) is 30.9 Å². The quantitative estimate of drug-likeness (QED) is 0.734. The van der Waals surface area contributed by atoms with E-state index < -0.39 is 10.0 Å². The first kappa shape index (κ1) is 17.2. The van der Waals surface area contributed by atoms with E-state index in [0.717, 1.165) is 0 Å². The van der Waals surface area contributed by atoms with Gasteiger partial charge in [-0.15, -0.1) is 0 Å². The number of furan rings is 1. The first-order valence-electron chi connectivity index (χ1n) is 6.76. The Hall–Kier alpha value is -0.890.